The van der Waals surface area contributed by atoms with Crippen molar-refractivity contribution in [2.75, 3.05) is 6.61 Å². The molecule has 0 aliphatic carbocycles. The molecular weight excluding hydrogens is 298 g/mol. The first-order valence-corrected chi connectivity index (χ1v) is 7.20. The van der Waals surface area contributed by atoms with E-state index in [2.05, 4.69) is 10.4 Å². The Hall–Kier alpha value is -2.83. The van der Waals surface area contributed by atoms with E-state index in [1.807, 2.05) is 19.3 Å². The van der Waals surface area contributed by atoms with Gasteiger partial charge in [0.15, 0.2) is 6.61 Å². The van der Waals surface area contributed by atoms with Gasteiger partial charge in [0.25, 0.3) is 0 Å². The maximum atomic E-state index is 11.8. The highest BCUT2D eigenvalue weighted by Gasteiger charge is 2.05. The Balaban J connectivity index is 1.77. The van der Waals surface area contributed by atoms with E-state index in [-0.39, 0.29) is 12.5 Å². The summed E-state index contributed by atoms with van der Waals surface area (Å²) in [5.74, 6) is -0.612. The van der Waals surface area contributed by atoms with Crippen molar-refractivity contribution in [3.63, 3.8) is 0 Å². The van der Waals surface area contributed by atoms with Crippen LogP contribution in [-0.2, 0) is 29.6 Å². The van der Waals surface area contributed by atoms with Gasteiger partial charge >= 0.3 is 5.97 Å². The number of hydrogen-bond acceptors (Lipinski definition) is 4. The van der Waals surface area contributed by atoms with Crippen LogP contribution in [0.4, 0.5) is 0 Å². The van der Waals surface area contributed by atoms with Gasteiger partial charge < -0.3 is 15.2 Å². The monoisotopic (exact) mass is 317 g/mol. The van der Waals surface area contributed by atoms with Crippen molar-refractivity contribution in [3.8, 4) is 5.75 Å². The number of carboxylic acids is 1. The Morgan fingerprint density at radius 2 is 2.17 bits per heavy atom. The number of aromatic nitrogens is 2. The first kappa shape index (κ1) is 16.5. The van der Waals surface area contributed by atoms with Crippen LogP contribution < -0.4 is 10.1 Å². The highest BCUT2D eigenvalue weighted by molar-refractivity contribution is 5.76. The molecule has 23 heavy (non-hydrogen) atoms. The normalized spacial score (nSPS) is 10.3. The van der Waals surface area contributed by atoms with Gasteiger partial charge in [0.05, 0.1) is 6.20 Å². The van der Waals surface area contributed by atoms with Gasteiger partial charge in [-0.15, -0.1) is 0 Å². The first-order chi connectivity index (χ1) is 11.0. The Morgan fingerprint density at radius 1 is 1.35 bits per heavy atom. The minimum Gasteiger partial charge on any atom is -0.482 e. The fourth-order valence-corrected chi connectivity index (χ4v) is 2.04. The van der Waals surface area contributed by atoms with Gasteiger partial charge in [0.1, 0.15) is 5.75 Å². The van der Waals surface area contributed by atoms with Crippen molar-refractivity contribution in [1.82, 2.24) is 15.1 Å². The van der Waals surface area contributed by atoms with Crippen molar-refractivity contribution >= 4 is 11.9 Å². The molecule has 0 saturated carbocycles. The minimum absolute atomic E-state index is 0.0503. The molecule has 2 aromatic rings. The molecule has 1 amide bonds. The number of carbonyl (C=O) groups excluding carboxylic acids is 1. The molecule has 2 N–H and O–H groups in total. The summed E-state index contributed by atoms with van der Waals surface area (Å²) in [6, 6.07) is 6.99. The predicted octanol–water partition coefficient (Wildman–Crippen LogP) is 1.13. The Bertz CT molecular complexity index is 681. The van der Waals surface area contributed by atoms with E-state index >= 15 is 0 Å². The lowest BCUT2D eigenvalue weighted by Gasteiger charge is -2.07. The molecule has 0 bridgehead atoms. The molecular formula is C16H19N3O4. The molecule has 1 heterocycles. The zero-order valence-electron chi connectivity index (χ0n) is 12.9. The molecule has 1 aromatic carbocycles. The third kappa shape index (κ3) is 5.82. The second-order valence-electron chi connectivity index (χ2n) is 5.13. The van der Waals surface area contributed by atoms with Crippen LogP contribution in [-0.4, -0.2) is 33.4 Å². The number of carboxylic acid groups (broad SMARTS) is 1. The zero-order valence-corrected chi connectivity index (χ0v) is 12.9. The second-order valence-corrected chi connectivity index (χ2v) is 5.13. The van der Waals surface area contributed by atoms with Crippen molar-refractivity contribution in [2.45, 2.75) is 19.4 Å². The van der Waals surface area contributed by atoms with E-state index in [0.29, 0.717) is 25.1 Å². The number of nitrogens with one attached hydrogen (secondary N) is 1. The van der Waals surface area contributed by atoms with Crippen LogP contribution in [0.3, 0.4) is 0 Å². The third-order valence-electron chi connectivity index (χ3n) is 3.15. The third-order valence-corrected chi connectivity index (χ3v) is 3.15. The maximum Gasteiger partial charge on any atom is 0.341 e. The molecule has 122 valence electrons. The highest BCUT2D eigenvalue weighted by atomic mass is 16.5. The smallest absolute Gasteiger partial charge is 0.341 e. The number of nitrogens with zero attached hydrogens (tertiary/aromatic N) is 2. The Kier molecular flexibility index (Phi) is 5.74. The topological polar surface area (TPSA) is 93.5 Å². The van der Waals surface area contributed by atoms with Gasteiger partial charge in [-0.2, -0.15) is 5.10 Å². The number of carbonyl (C=O) groups is 2. The molecule has 0 aliphatic heterocycles. The number of amides is 1. The maximum absolute atomic E-state index is 11.8. The number of aryl methyl sites for hydroxylation is 2. The van der Waals surface area contributed by atoms with Crippen LogP contribution >= 0.6 is 0 Å². The molecule has 7 heteroatoms. The average Bonchev–Trinajstić information content (AvgIpc) is 2.95. The lowest BCUT2D eigenvalue weighted by molar-refractivity contribution is -0.139. The van der Waals surface area contributed by atoms with Crippen LogP contribution in [0.2, 0.25) is 0 Å². The van der Waals surface area contributed by atoms with Crippen molar-refractivity contribution in [1.29, 1.82) is 0 Å². The summed E-state index contributed by atoms with van der Waals surface area (Å²) in [7, 11) is 1.84. The van der Waals surface area contributed by atoms with E-state index < -0.39 is 5.97 Å². The number of aliphatic carboxylic acids is 1. The number of ether oxygens (including phenoxy) is 1. The molecule has 0 saturated heterocycles. The van der Waals surface area contributed by atoms with Gasteiger partial charge in [0, 0.05) is 26.2 Å². The molecule has 0 fully saturated rings. The molecule has 0 spiro atoms. The lowest BCUT2D eigenvalue weighted by Crippen LogP contribution is -2.23. The summed E-state index contributed by atoms with van der Waals surface area (Å²) < 4.78 is 6.81. The van der Waals surface area contributed by atoms with Gasteiger partial charge in [-0.3, -0.25) is 9.48 Å². The van der Waals surface area contributed by atoms with Crippen LogP contribution in [0.25, 0.3) is 0 Å². The average molecular weight is 317 g/mol. The van der Waals surface area contributed by atoms with Gasteiger partial charge in [-0.1, -0.05) is 12.1 Å². The molecule has 7 nitrogen and oxygen atoms in total. The standard InChI is InChI=1S/C16H19N3O4/c1-19-10-13(9-18-19)5-6-15(20)17-8-12-3-2-4-14(7-12)23-11-16(21)22/h2-4,7,9-10H,5-6,8,11H2,1H3,(H,17,20)(H,21,22). The summed E-state index contributed by atoms with van der Waals surface area (Å²) in [4.78, 5) is 22.3. The van der Waals surface area contributed by atoms with E-state index in [0.717, 1.165) is 11.1 Å². The lowest BCUT2D eigenvalue weighted by atomic mass is 10.2. The molecule has 1 aromatic heterocycles. The predicted molar refractivity (Wildman–Crippen MR) is 82.9 cm³/mol. The minimum atomic E-state index is -1.03. The van der Waals surface area contributed by atoms with E-state index in [1.54, 1.807) is 29.1 Å². The highest BCUT2D eigenvalue weighted by Crippen LogP contribution is 2.13. The van der Waals surface area contributed by atoms with Crippen molar-refractivity contribution in [3.05, 3.63) is 47.8 Å². The summed E-state index contributed by atoms with van der Waals surface area (Å²) in [5, 5.41) is 15.5. The molecule has 0 radical (unpaired) electrons. The summed E-state index contributed by atoms with van der Waals surface area (Å²) in [6.07, 6.45) is 4.66. The van der Waals surface area contributed by atoms with E-state index in [1.165, 1.54) is 0 Å². The van der Waals surface area contributed by atoms with Gasteiger partial charge in [-0.05, 0) is 29.7 Å². The Labute approximate surface area is 133 Å². The number of rotatable bonds is 8. The van der Waals surface area contributed by atoms with E-state index in [4.69, 9.17) is 9.84 Å². The van der Waals surface area contributed by atoms with Crippen molar-refractivity contribution in [2.24, 2.45) is 7.05 Å². The van der Waals surface area contributed by atoms with Crippen LogP contribution in [0, 0.1) is 0 Å². The first-order valence-electron chi connectivity index (χ1n) is 7.20. The van der Waals surface area contributed by atoms with Crippen LogP contribution in [0.15, 0.2) is 36.7 Å². The summed E-state index contributed by atoms with van der Waals surface area (Å²) in [6.45, 7) is -0.0168. The zero-order chi connectivity index (χ0) is 16.7. The molecule has 0 unspecified atom stereocenters. The molecule has 0 aliphatic rings. The van der Waals surface area contributed by atoms with Gasteiger partial charge in [0.2, 0.25) is 5.91 Å². The molecule has 0 atom stereocenters. The SMILES string of the molecule is Cn1cc(CCC(=O)NCc2cccc(OCC(=O)O)c2)cn1. The van der Waals surface area contributed by atoms with Crippen LogP contribution in [0.5, 0.6) is 5.75 Å². The quantitative estimate of drug-likeness (QED) is 0.761. The fraction of sp³-hybridized carbons (Fsp3) is 0.312. The largest absolute Gasteiger partial charge is 0.482 e. The van der Waals surface area contributed by atoms with Gasteiger partial charge in [-0.25, -0.2) is 4.79 Å². The van der Waals surface area contributed by atoms with Crippen molar-refractivity contribution < 1.29 is 19.4 Å². The Morgan fingerprint density at radius 3 is 2.87 bits per heavy atom. The van der Waals surface area contributed by atoms with Crippen LogP contribution in [0.1, 0.15) is 17.5 Å². The summed E-state index contributed by atoms with van der Waals surface area (Å²) in [5.41, 5.74) is 1.87. The summed E-state index contributed by atoms with van der Waals surface area (Å²) >= 11 is 0. The number of benzene rings is 1. The second kappa shape index (κ2) is 7.98. The van der Waals surface area contributed by atoms with E-state index in [9.17, 15) is 9.59 Å². The fourth-order valence-electron chi connectivity index (χ4n) is 2.04. The molecule has 2 rings (SSSR count). The number of hydrogen-bond donors (Lipinski definition) is 2.